The van der Waals surface area contributed by atoms with Crippen LogP contribution in [0.15, 0.2) is 24.3 Å². The number of carbonyl (C=O) groups is 1. The van der Waals surface area contributed by atoms with Gasteiger partial charge >= 0.3 is 6.03 Å². The van der Waals surface area contributed by atoms with E-state index in [-0.39, 0.29) is 12.1 Å². The molecule has 2 heterocycles. The molecule has 3 rings (SSSR count). The number of carbonyl (C=O) groups excluding carboxylic acids is 1. The fourth-order valence-corrected chi connectivity index (χ4v) is 3.89. The van der Waals surface area contributed by atoms with Crippen molar-refractivity contribution in [3.05, 3.63) is 35.4 Å². The summed E-state index contributed by atoms with van der Waals surface area (Å²) < 4.78 is 5.50. The molecule has 0 radical (unpaired) electrons. The highest BCUT2D eigenvalue weighted by Gasteiger charge is 2.37. The van der Waals surface area contributed by atoms with Crippen molar-refractivity contribution in [2.24, 2.45) is 5.41 Å². The van der Waals surface area contributed by atoms with Gasteiger partial charge in [-0.25, -0.2) is 4.79 Å². The largest absolute Gasteiger partial charge is 0.381 e. The SMILES string of the molecule is CCc1ccc([C@@H](C)NC(=O)N2CCC3(CCOCC3)CC2)cc1. The fourth-order valence-electron chi connectivity index (χ4n) is 3.89. The Balaban J connectivity index is 1.51. The molecule has 2 saturated heterocycles. The maximum Gasteiger partial charge on any atom is 0.317 e. The Morgan fingerprint density at radius 1 is 1.17 bits per heavy atom. The summed E-state index contributed by atoms with van der Waals surface area (Å²) in [6.45, 7) is 7.72. The highest BCUT2D eigenvalue weighted by Crippen LogP contribution is 2.40. The number of likely N-dealkylation sites (tertiary alicyclic amines) is 1. The van der Waals surface area contributed by atoms with Gasteiger partial charge in [-0.3, -0.25) is 0 Å². The zero-order valence-electron chi connectivity index (χ0n) is 15.0. The van der Waals surface area contributed by atoms with Gasteiger partial charge in [0.05, 0.1) is 6.04 Å². The average molecular weight is 330 g/mol. The fraction of sp³-hybridized carbons (Fsp3) is 0.650. The maximum atomic E-state index is 12.6. The van der Waals surface area contributed by atoms with Gasteiger partial charge in [-0.05, 0) is 55.6 Å². The number of hydrogen-bond donors (Lipinski definition) is 1. The van der Waals surface area contributed by atoms with Gasteiger partial charge < -0.3 is 15.0 Å². The van der Waals surface area contributed by atoms with Crippen molar-refractivity contribution in [3.8, 4) is 0 Å². The minimum atomic E-state index is 0.0439. The Bertz CT molecular complexity index is 539. The summed E-state index contributed by atoms with van der Waals surface area (Å²) in [5.74, 6) is 0. The van der Waals surface area contributed by atoms with E-state index in [1.54, 1.807) is 0 Å². The molecule has 0 saturated carbocycles. The van der Waals surface area contributed by atoms with E-state index in [0.29, 0.717) is 5.41 Å². The third-order valence-electron chi connectivity index (χ3n) is 5.89. The average Bonchev–Trinajstić information content (AvgIpc) is 2.63. The van der Waals surface area contributed by atoms with Gasteiger partial charge in [0.1, 0.15) is 0 Å². The first-order valence-electron chi connectivity index (χ1n) is 9.34. The second kappa shape index (κ2) is 7.56. The molecule has 2 aliphatic heterocycles. The van der Waals surface area contributed by atoms with Crippen molar-refractivity contribution in [1.29, 1.82) is 0 Å². The van der Waals surface area contributed by atoms with Gasteiger partial charge in [0.25, 0.3) is 0 Å². The van der Waals surface area contributed by atoms with Crippen molar-refractivity contribution in [3.63, 3.8) is 0 Å². The first kappa shape index (κ1) is 17.3. The predicted octanol–water partition coefficient (Wildman–Crippen LogP) is 3.91. The minimum absolute atomic E-state index is 0.0439. The zero-order valence-corrected chi connectivity index (χ0v) is 15.0. The molecule has 4 heteroatoms. The number of piperidine rings is 1. The summed E-state index contributed by atoms with van der Waals surface area (Å²) >= 11 is 0. The number of aryl methyl sites for hydroxylation is 1. The Morgan fingerprint density at radius 3 is 2.38 bits per heavy atom. The lowest BCUT2D eigenvalue weighted by Crippen LogP contribution is -2.49. The predicted molar refractivity (Wildman–Crippen MR) is 96.1 cm³/mol. The maximum absolute atomic E-state index is 12.6. The number of amides is 2. The highest BCUT2D eigenvalue weighted by molar-refractivity contribution is 5.74. The van der Waals surface area contributed by atoms with Crippen LogP contribution in [0, 0.1) is 5.41 Å². The normalized spacial score (nSPS) is 21.5. The van der Waals surface area contributed by atoms with Crippen LogP contribution in [0.1, 0.15) is 56.7 Å². The first-order chi connectivity index (χ1) is 11.6. The summed E-state index contributed by atoms with van der Waals surface area (Å²) in [6, 6.07) is 8.65. The van der Waals surface area contributed by atoms with E-state index in [1.807, 2.05) is 4.90 Å². The van der Waals surface area contributed by atoms with Crippen LogP contribution >= 0.6 is 0 Å². The molecule has 0 unspecified atom stereocenters. The first-order valence-corrected chi connectivity index (χ1v) is 9.34. The Labute approximate surface area is 145 Å². The summed E-state index contributed by atoms with van der Waals surface area (Å²) in [5.41, 5.74) is 2.92. The Morgan fingerprint density at radius 2 is 1.79 bits per heavy atom. The lowest BCUT2D eigenvalue weighted by Gasteiger charge is -2.44. The summed E-state index contributed by atoms with van der Waals surface area (Å²) in [6.07, 6.45) is 5.58. The number of benzene rings is 1. The Hall–Kier alpha value is -1.55. The number of nitrogens with zero attached hydrogens (tertiary/aromatic N) is 1. The molecule has 4 nitrogen and oxygen atoms in total. The van der Waals surface area contributed by atoms with Gasteiger partial charge in [-0.1, -0.05) is 31.2 Å². The molecule has 0 aliphatic carbocycles. The van der Waals surface area contributed by atoms with Crippen molar-refractivity contribution in [1.82, 2.24) is 10.2 Å². The third kappa shape index (κ3) is 3.92. The number of nitrogens with one attached hydrogen (secondary N) is 1. The van der Waals surface area contributed by atoms with E-state index in [2.05, 4.69) is 43.4 Å². The molecule has 24 heavy (non-hydrogen) atoms. The van der Waals surface area contributed by atoms with Gasteiger partial charge in [-0.15, -0.1) is 0 Å². The Kier molecular flexibility index (Phi) is 5.44. The molecule has 2 amide bonds. The number of hydrogen-bond acceptors (Lipinski definition) is 2. The highest BCUT2D eigenvalue weighted by atomic mass is 16.5. The molecule has 1 aromatic carbocycles. The third-order valence-corrected chi connectivity index (χ3v) is 5.89. The van der Waals surface area contributed by atoms with Crippen LogP contribution in [0.4, 0.5) is 4.79 Å². The van der Waals surface area contributed by atoms with Crippen LogP contribution in [0.3, 0.4) is 0 Å². The number of ether oxygens (including phenoxy) is 1. The summed E-state index contributed by atoms with van der Waals surface area (Å²) in [5, 5.41) is 3.16. The summed E-state index contributed by atoms with van der Waals surface area (Å²) in [7, 11) is 0. The standard InChI is InChI=1S/C20H30N2O2/c1-3-17-4-6-18(7-5-17)16(2)21-19(23)22-12-8-20(9-13-22)10-14-24-15-11-20/h4-7,16H,3,8-15H2,1-2H3,(H,21,23)/t16-/m1/s1. The molecule has 2 aliphatic rings. The quantitative estimate of drug-likeness (QED) is 0.913. The van der Waals surface area contributed by atoms with Crippen LogP contribution in [0.2, 0.25) is 0 Å². The van der Waals surface area contributed by atoms with Gasteiger partial charge in [-0.2, -0.15) is 0 Å². The van der Waals surface area contributed by atoms with Gasteiger partial charge in [0.2, 0.25) is 0 Å². The van der Waals surface area contributed by atoms with E-state index < -0.39 is 0 Å². The van der Waals surface area contributed by atoms with Crippen molar-refractivity contribution in [2.75, 3.05) is 26.3 Å². The van der Waals surface area contributed by atoms with Gasteiger partial charge in [0.15, 0.2) is 0 Å². The van der Waals surface area contributed by atoms with Crippen LogP contribution in [0.25, 0.3) is 0 Å². The van der Waals surface area contributed by atoms with E-state index in [1.165, 1.54) is 11.1 Å². The van der Waals surface area contributed by atoms with Crippen LogP contribution in [-0.4, -0.2) is 37.2 Å². The minimum Gasteiger partial charge on any atom is -0.381 e. The molecular formula is C20H30N2O2. The molecule has 1 spiro atoms. The van der Waals surface area contributed by atoms with Crippen LogP contribution in [0.5, 0.6) is 0 Å². The lowest BCUT2D eigenvalue weighted by atomic mass is 9.72. The van der Waals surface area contributed by atoms with Crippen LogP contribution in [-0.2, 0) is 11.2 Å². The molecule has 132 valence electrons. The second-order valence-electron chi connectivity index (χ2n) is 7.37. The molecule has 1 aromatic rings. The second-order valence-corrected chi connectivity index (χ2v) is 7.37. The van der Waals surface area contributed by atoms with E-state index in [9.17, 15) is 4.79 Å². The monoisotopic (exact) mass is 330 g/mol. The number of rotatable bonds is 3. The van der Waals surface area contributed by atoms with Crippen molar-refractivity contribution < 1.29 is 9.53 Å². The topological polar surface area (TPSA) is 41.6 Å². The smallest absolute Gasteiger partial charge is 0.317 e. The number of urea groups is 1. The molecule has 0 bridgehead atoms. The van der Waals surface area contributed by atoms with Crippen LogP contribution < -0.4 is 5.32 Å². The van der Waals surface area contributed by atoms with Crippen molar-refractivity contribution >= 4 is 6.03 Å². The molecule has 1 atom stereocenters. The van der Waals surface area contributed by atoms with Crippen molar-refractivity contribution in [2.45, 2.75) is 52.0 Å². The lowest BCUT2D eigenvalue weighted by molar-refractivity contribution is -0.0146. The van der Waals surface area contributed by atoms with E-state index >= 15 is 0 Å². The zero-order chi connectivity index (χ0) is 17.0. The van der Waals surface area contributed by atoms with E-state index in [0.717, 1.165) is 58.4 Å². The molecule has 1 N–H and O–H groups in total. The molecular weight excluding hydrogens is 300 g/mol. The molecule has 2 fully saturated rings. The summed E-state index contributed by atoms with van der Waals surface area (Å²) in [4.78, 5) is 14.6. The molecule has 0 aromatic heterocycles. The van der Waals surface area contributed by atoms with Gasteiger partial charge in [0, 0.05) is 26.3 Å². The van der Waals surface area contributed by atoms with E-state index in [4.69, 9.17) is 4.74 Å².